The van der Waals surface area contributed by atoms with Gasteiger partial charge in [0.15, 0.2) is 0 Å². The second-order valence-electron chi connectivity index (χ2n) is 2.32. The highest BCUT2D eigenvalue weighted by Crippen LogP contribution is 2.14. The molecule has 0 aliphatic rings. The van der Waals surface area contributed by atoms with Crippen LogP contribution in [0.3, 0.4) is 0 Å². The van der Waals surface area contributed by atoms with Gasteiger partial charge in [0.05, 0.1) is 17.7 Å². The quantitative estimate of drug-likeness (QED) is 0.570. The highest BCUT2D eigenvalue weighted by Gasteiger charge is 2.12. The predicted octanol–water partition coefficient (Wildman–Crippen LogP) is 0.798. The SMILES string of the molecule is CSc1ccnc(C(C#N)CO)n1. The molecule has 1 atom stereocenters. The second-order valence-corrected chi connectivity index (χ2v) is 3.15. The van der Waals surface area contributed by atoms with Gasteiger partial charge in [-0.05, 0) is 12.3 Å². The van der Waals surface area contributed by atoms with Gasteiger partial charge in [0.1, 0.15) is 11.7 Å². The summed E-state index contributed by atoms with van der Waals surface area (Å²) in [6.07, 6.45) is 3.49. The van der Waals surface area contributed by atoms with E-state index in [1.165, 1.54) is 11.8 Å². The Bertz CT molecular complexity index is 323. The van der Waals surface area contributed by atoms with Crippen molar-refractivity contribution in [3.8, 4) is 6.07 Å². The molecule has 1 heterocycles. The molecule has 0 aliphatic heterocycles. The van der Waals surface area contributed by atoms with Crippen molar-refractivity contribution in [3.05, 3.63) is 18.1 Å². The minimum atomic E-state index is -0.618. The summed E-state index contributed by atoms with van der Waals surface area (Å²) in [5, 5.41) is 18.3. The number of nitrogens with zero attached hydrogens (tertiary/aromatic N) is 3. The Morgan fingerprint density at radius 3 is 3.08 bits per heavy atom. The summed E-state index contributed by atoms with van der Waals surface area (Å²) in [6, 6.07) is 3.70. The molecule has 0 fully saturated rings. The standard InChI is InChI=1S/C8H9N3OS/c1-13-7-2-3-10-8(11-7)6(4-9)5-12/h2-3,6,12H,5H2,1H3. The maximum atomic E-state index is 8.83. The van der Waals surface area contributed by atoms with E-state index in [1.54, 1.807) is 12.3 Å². The third-order valence-electron chi connectivity index (χ3n) is 1.51. The number of aromatic nitrogens is 2. The van der Waals surface area contributed by atoms with E-state index in [9.17, 15) is 0 Å². The van der Waals surface area contributed by atoms with Crippen LogP contribution in [-0.2, 0) is 0 Å². The van der Waals surface area contributed by atoms with Gasteiger partial charge in [-0.3, -0.25) is 0 Å². The average Bonchev–Trinajstić information content (AvgIpc) is 2.20. The first-order valence-corrected chi connectivity index (χ1v) is 4.91. The van der Waals surface area contributed by atoms with Crippen molar-refractivity contribution < 1.29 is 5.11 Å². The Kier molecular flexibility index (Phi) is 3.68. The normalized spacial score (nSPS) is 12.1. The van der Waals surface area contributed by atoms with Crippen LogP contribution < -0.4 is 0 Å². The van der Waals surface area contributed by atoms with Crippen molar-refractivity contribution >= 4 is 11.8 Å². The largest absolute Gasteiger partial charge is 0.395 e. The number of aliphatic hydroxyl groups excluding tert-OH is 1. The van der Waals surface area contributed by atoms with Crippen molar-refractivity contribution in [2.45, 2.75) is 10.9 Å². The number of aliphatic hydroxyl groups is 1. The van der Waals surface area contributed by atoms with Crippen LogP contribution >= 0.6 is 11.8 Å². The number of nitriles is 1. The summed E-state index contributed by atoms with van der Waals surface area (Å²) >= 11 is 1.48. The van der Waals surface area contributed by atoms with E-state index >= 15 is 0 Å². The fraction of sp³-hybridized carbons (Fsp3) is 0.375. The Morgan fingerprint density at radius 2 is 2.54 bits per heavy atom. The van der Waals surface area contributed by atoms with Gasteiger partial charge in [0.25, 0.3) is 0 Å². The molecule has 4 nitrogen and oxygen atoms in total. The molecule has 68 valence electrons. The summed E-state index contributed by atoms with van der Waals surface area (Å²) in [5.74, 6) is -0.232. The molecule has 0 saturated carbocycles. The lowest BCUT2D eigenvalue weighted by Crippen LogP contribution is -2.06. The lowest BCUT2D eigenvalue weighted by atomic mass is 10.2. The Morgan fingerprint density at radius 1 is 1.77 bits per heavy atom. The Labute approximate surface area is 80.6 Å². The van der Waals surface area contributed by atoms with Crippen LogP contribution in [0.1, 0.15) is 11.7 Å². The van der Waals surface area contributed by atoms with Crippen molar-refractivity contribution in [1.82, 2.24) is 9.97 Å². The van der Waals surface area contributed by atoms with E-state index in [0.29, 0.717) is 5.82 Å². The second kappa shape index (κ2) is 4.80. The maximum Gasteiger partial charge on any atom is 0.149 e. The van der Waals surface area contributed by atoms with Gasteiger partial charge in [-0.25, -0.2) is 9.97 Å². The summed E-state index contributed by atoms with van der Waals surface area (Å²) in [7, 11) is 0. The Hall–Kier alpha value is -1.12. The van der Waals surface area contributed by atoms with Crippen molar-refractivity contribution in [1.29, 1.82) is 5.26 Å². The van der Waals surface area contributed by atoms with Gasteiger partial charge in [0.2, 0.25) is 0 Å². The zero-order chi connectivity index (χ0) is 9.68. The molecule has 0 amide bonds. The molecular formula is C8H9N3OS. The molecule has 0 saturated heterocycles. The third kappa shape index (κ3) is 2.41. The number of thioether (sulfide) groups is 1. The Balaban J connectivity index is 2.94. The lowest BCUT2D eigenvalue weighted by molar-refractivity contribution is 0.282. The van der Waals surface area contributed by atoms with Gasteiger partial charge < -0.3 is 5.11 Å². The molecule has 0 aliphatic carbocycles. The fourth-order valence-corrected chi connectivity index (χ4v) is 1.20. The van der Waals surface area contributed by atoms with E-state index in [2.05, 4.69) is 9.97 Å². The zero-order valence-electron chi connectivity index (χ0n) is 7.14. The van der Waals surface area contributed by atoms with Gasteiger partial charge in [-0.1, -0.05) is 0 Å². The average molecular weight is 195 g/mol. The van der Waals surface area contributed by atoms with Crippen molar-refractivity contribution in [3.63, 3.8) is 0 Å². The highest BCUT2D eigenvalue weighted by atomic mass is 32.2. The molecule has 1 rings (SSSR count). The first-order valence-electron chi connectivity index (χ1n) is 3.69. The molecule has 1 unspecified atom stereocenters. The van der Waals surface area contributed by atoms with Crippen LogP contribution in [0.2, 0.25) is 0 Å². The van der Waals surface area contributed by atoms with Gasteiger partial charge in [-0.2, -0.15) is 5.26 Å². The summed E-state index contributed by atoms with van der Waals surface area (Å²) in [5.41, 5.74) is 0. The van der Waals surface area contributed by atoms with Crippen LogP contribution in [0.15, 0.2) is 17.3 Å². The van der Waals surface area contributed by atoms with Gasteiger partial charge in [-0.15, -0.1) is 11.8 Å². The van der Waals surface area contributed by atoms with Crippen LogP contribution in [0.25, 0.3) is 0 Å². The summed E-state index contributed by atoms with van der Waals surface area (Å²) < 4.78 is 0. The van der Waals surface area contributed by atoms with Crippen LogP contribution in [-0.4, -0.2) is 27.9 Å². The van der Waals surface area contributed by atoms with Crippen molar-refractivity contribution in [2.24, 2.45) is 0 Å². The molecule has 5 heteroatoms. The molecule has 1 N–H and O–H groups in total. The number of rotatable bonds is 3. The van der Waals surface area contributed by atoms with E-state index in [4.69, 9.17) is 10.4 Å². The molecule has 1 aromatic rings. The summed E-state index contributed by atoms with van der Waals surface area (Å²) in [4.78, 5) is 8.02. The van der Waals surface area contributed by atoms with Crippen LogP contribution in [0.5, 0.6) is 0 Å². The smallest absolute Gasteiger partial charge is 0.149 e. The highest BCUT2D eigenvalue weighted by molar-refractivity contribution is 7.98. The van der Waals surface area contributed by atoms with Crippen LogP contribution in [0.4, 0.5) is 0 Å². The predicted molar refractivity (Wildman–Crippen MR) is 49.3 cm³/mol. The number of hydrogen-bond donors (Lipinski definition) is 1. The topological polar surface area (TPSA) is 69.8 Å². The molecule has 1 aromatic heterocycles. The molecular weight excluding hydrogens is 186 g/mol. The van der Waals surface area contributed by atoms with Gasteiger partial charge in [0, 0.05) is 6.20 Å². The van der Waals surface area contributed by atoms with Crippen LogP contribution in [0, 0.1) is 11.3 Å². The number of hydrogen-bond acceptors (Lipinski definition) is 5. The zero-order valence-corrected chi connectivity index (χ0v) is 7.95. The molecule has 0 bridgehead atoms. The molecule has 0 aromatic carbocycles. The first-order chi connectivity index (χ1) is 6.31. The van der Waals surface area contributed by atoms with Gasteiger partial charge >= 0.3 is 0 Å². The first kappa shape index (κ1) is 9.96. The van der Waals surface area contributed by atoms with E-state index in [-0.39, 0.29) is 6.61 Å². The maximum absolute atomic E-state index is 8.83. The minimum Gasteiger partial charge on any atom is -0.395 e. The van der Waals surface area contributed by atoms with E-state index in [1.807, 2.05) is 12.3 Å². The monoisotopic (exact) mass is 195 g/mol. The molecule has 0 radical (unpaired) electrons. The van der Waals surface area contributed by atoms with Crippen molar-refractivity contribution in [2.75, 3.05) is 12.9 Å². The fourth-order valence-electron chi connectivity index (χ4n) is 0.818. The van der Waals surface area contributed by atoms with E-state index < -0.39 is 5.92 Å². The molecule has 0 spiro atoms. The lowest BCUT2D eigenvalue weighted by Gasteiger charge is -2.03. The molecule has 13 heavy (non-hydrogen) atoms. The van der Waals surface area contributed by atoms with E-state index in [0.717, 1.165) is 5.03 Å². The summed E-state index contributed by atoms with van der Waals surface area (Å²) in [6.45, 7) is -0.242. The minimum absolute atomic E-state index is 0.242. The third-order valence-corrected chi connectivity index (χ3v) is 2.15.